The first kappa shape index (κ1) is 11.8. The molecule has 0 spiro atoms. The van der Waals surface area contributed by atoms with Gasteiger partial charge in [0.05, 0.1) is 6.54 Å². The maximum atomic E-state index is 10.4. The molecule has 0 aromatic carbocycles. The van der Waals surface area contributed by atoms with Gasteiger partial charge in [-0.1, -0.05) is 34.8 Å². The number of alkyl halides is 3. The number of rotatable bonds is 0. The minimum Gasteiger partial charge on any atom is -0.337 e. The first-order valence-corrected chi connectivity index (χ1v) is 4.26. The fourth-order valence-electron chi connectivity index (χ4n) is 0.561. The highest BCUT2D eigenvalue weighted by atomic mass is 35.6. The third-order valence-corrected chi connectivity index (χ3v) is 1.02. The maximum Gasteiger partial charge on any atom is 0.246 e. The molecule has 12 heavy (non-hydrogen) atoms. The zero-order valence-electron chi connectivity index (χ0n) is 6.27. The number of hydrogen-bond acceptors (Lipinski definition) is 2. The predicted octanol–water partition coefficient (Wildman–Crippen LogP) is 0.969. The summed E-state index contributed by atoms with van der Waals surface area (Å²) in [7, 11) is 1.69. The minimum atomic E-state index is -0.750. The highest BCUT2D eigenvalue weighted by Crippen LogP contribution is 2.03. The summed E-state index contributed by atoms with van der Waals surface area (Å²) >= 11 is 14.4. The molecule has 0 atom stereocenters. The molecule has 0 aromatic heterocycles. The van der Waals surface area contributed by atoms with Gasteiger partial charge in [0.15, 0.2) is 10.3 Å². The normalized spacial score (nSPS) is 15.9. The van der Waals surface area contributed by atoms with Crippen LogP contribution in [0.15, 0.2) is 0 Å². The molecule has 4 nitrogen and oxygen atoms in total. The van der Waals surface area contributed by atoms with E-state index < -0.39 is 4.30 Å². The molecule has 0 radical (unpaired) electrons. The quantitative estimate of drug-likeness (QED) is 0.612. The van der Waals surface area contributed by atoms with Crippen molar-refractivity contribution in [3.8, 4) is 0 Å². The van der Waals surface area contributed by atoms with Crippen molar-refractivity contribution < 1.29 is 4.79 Å². The number of likely N-dealkylation sites (N-methyl/N-ethyl adjacent to an activating group) is 1. The van der Waals surface area contributed by atoms with Crippen LogP contribution >= 0.6 is 34.8 Å². The first-order valence-electron chi connectivity index (χ1n) is 2.95. The van der Waals surface area contributed by atoms with Gasteiger partial charge in [0.2, 0.25) is 5.91 Å². The maximum absolute atomic E-state index is 10.4. The van der Waals surface area contributed by atoms with E-state index in [1.165, 1.54) is 0 Å². The molecular formula is C5H8Cl3N3O. The van der Waals surface area contributed by atoms with Crippen molar-refractivity contribution in [2.24, 2.45) is 0 Å². The van der Waals surface area contributed by atoms with Crippen molar-refractivity contribution in [3.05, 3.63) is 0 Å². The van der Waals surface area contributed by atoms with Gasteiger partial charge in [-0.05, 0) is 0 Å². The molecule has 7 heteroatoms. The summed E-state index contributed by atoms with van der Waals surface area (Å²) < 4.78 is -0.750. The van der Waals surface area contributed by atoms with Crippen molar-refractivity contribution in [3.63, 3.8) is 0 Å². The summed E-state index contributed by atoms with van der Waals surface area (Å²) in [6.07, 6.45) is 0. The van der Waals surface area contributed by atoms with Crippen LogP contribution in [-0.4, -0.2) is 34.7 Å². The Bertz CT molecular complexity index is 182. The fraction of sp³-hybridized carbons (Fsp3) is 0.600. The summed E-state index contributed by atoms with van der Waals surface area (Å²) in [6, 6.07) is 0. The van der Waals surface area contributed by atoms with E-state index >= 15 is 0 Å². The monoisotopic (exact) mass is 231 g/mol. The van der Waals surface area contributed by atoms with E-state index in [1.807, 2.05) is 0 Å². The van der Waals surface area contributed by atoms with Crippen LogP contribution < -0.4 is 5.32 Å². The topological polar surface area (TPSA) is 56.2 Å². The van der Waals surface area contributed by atoms with Gasteiger partial charge in [0.25, 0.3) is 0 Å². The van der Waals surface area contributed by atoms with Crippen LogP contribution in [0.25, 0.3) is 0 Å². The SMILES string of the molecule is CN1CC(=O)NC1=N.ClC(Cl)Cl. The number of nitrogens with zero attached hydrogens (tertiary/aromatic N) is 1. The fourth-order valence-corrected chi connectivity index (χ4v) is 0.561. The van der Waals surface area contributed by atoms with Crippen LogP contribution in [-0.2, 0) is 4.79 Å². The molecule has 0 aliphatic carbocycles. The van der Waals surface area contributed by atoms with Crippen molar-refractivity contribution in [2.75, 3.05) is 13.6 Å². The number of nitrogens with one attached hydrogen (secondary N) is 2. The predicted molar refractivity (Wildman–Crippen MR) is 49.8 cm³/mol. The third-order valence-electron chi connectivity index (χ3n) is 1.02. The Labute approximate surface area is 85.3 Å². The van der Waals surface area contributed by atoms with Gasteiger partial charge in [-0.2, -0.15) is 0 Å². The molecule has 1 heterocycles. The lowest BCUT2D eigenvalue weighted by Gasteiger charge is -2.03. The number of carbonyl (C=O) groups excluding carboxylic acids is 1. The summed E-state index contributed by atoms with van der Waals surface area (Å²) in [6.45, 7) is 0.318. The van der Waals surface area contributed by atoms with E-state index in [-0.39, 0.29) is 11.9 Å². The molecule has 1 aliphatic heterocycles. The number of carbonyl (C=O) groups is 1. The number of halogens is 3. The lowest BCUT2D eigenvalue weighted by atomic mass is 10.6. The number of hydrogen-bond donors (Lipinski definition) is 2. The number of amides is 1. The van der Waals surface area contributed by atoms with Crippen molar-refractivity contribution in [1.82, 2.24) is 10.2 Å². The second-order valence-corrected chi connectivity index (χ2v) is 3.98. The van der Waals surface area contributed by atoms with Gasteiger partial charge in [0.1, 0.15) is 0 Å². The second kappa shape index (κ2) is 5.45. The average Bonchev–Trinajstić information content (AvgIpc) is 2.08. The van der Waals surface area contributed by atoms with E-state index in [1.54, 1.807) is 11.9 Å². The Morgan fingerprint density at radius 3 is 2.08 bits per heavy atom. The molecule has 1 fully saturated rings. The standard InChI is InChI=1S/C4H7N3O.CHCl3/c1-7-2-3(8)6-4(7)5;2-1(3)4/h2H2,1H3,(H2,5,6,8);1H. The van der Waals surface area contributed by atoms with Crippen LogP contribution in [0.5, 0.6) is 0 Å². The Morgan fingerprint density at radius 1 is 1.58 bits per heavy atom. The lowest BCUT2D eigenvalue weighted by Crippen LogP contribution is -2.25. The second-order valence-electron chi connectivity index (χ2n) is 2.00. The van der Waals surface area contributed by atoms with E-state index in [0.29, 0.717) is 6.54 Å². The summed E-state index contributed by atoms with van der Waals surface area (Å²) in [5, 5.41) is 9.32. The molecule has 0 unspecified atom stereocenters. The van der Waals surface area contributed by atoms with Gasteiger partial charge in [-0.3, -0.25) is 15.5 Å². The van der Waals surface area contributed by atoms with Crippen LogP contribution in [0, 0.1) is 5.41 Å². The summed E-state index contributed by atoms with van der Waals surface area (Å²) in [4.78, 5) is 11.9. The molecule has 0 bridgehead atoms. The Morgan fingerprint density at radius 2 is 2.00 bits per heavy atom. The summed E-state index contributed by atoms with van der Waals surface area (Å²) in [5.74, 6) is 0.0903. The minimum absolute atomic E-state index is 0.0995. The van der Waals surface area contributed by atoms with E-state index in [0.717, 1.165) is 0 Å². The third kappa shape index (κ3) is 5.46. The molecule has 1 rings (SSSR count). The van der Waals surface area contributed by atoms with Crippen LogP contribution in [0.3, 0.4) is 0 Å². The largest absolute Gasteiger partial charge is 0.337 e. The van der Waals surface area contributed by atoms with Gasteiger partial charge in [0, 0.05) is 7.05 Å². The van der Waals surface area contributed by atoms with Crippen LogP contribution in [0.4, 0.5) is 0 Å². The molecule has 0 saturated carbocycles. The molecule has 1 saturated heterocycles. The average molecular weight is 232 g/mol. The van der Waals surface area contributed by atoms with Crippen molar-refractivity contribution >= 4 is 46.7 Å². The van der Waals surface area contributed by atoms with Gasteiger partial charge < -0.3 is 4.90 Å². The Kier molecular flexibility index (Phi) is 5.37. The van der Waals surface area contributed by atoms with Crippen LogP contribution in [0.2, 0.25) is 0 Å². The van der Waals surface area contributed by atoms with Crippen LogP contribution in [0.1, 0.15) is 0 Å². The Hall–Kier alpha value is -0.190. The zero-order chi connectivity index (χ0) is 9.72. The molecule has 1 aliphatic rings. The van der Waals surface area contributed by atoms with Crippen molar-refractivity contribution in [2.45, 2.75) is 4.30 Å². The van der Waals surface area contributed by atoms with Gasteiger partial charge >= 0.3 is 0 Å². The molecule has 0 aromatic rings. The van der Waals surface area contributed by atoms with Gasteiger partial charge in [-0.15, -0.1) is 0 Å². The smallest absolute Gasteiger partial charge is 0.246 e. The van der Waals surface area contributed by atoms with E-state index in [2.05, 4.69) is 5.32 Å². The molecular weight excluding hydrogens is 224 g/mol. The highest BCUT2D eigenvalue weighted by molar-refractivity contribution is 6.63. The van der Waals surface area contributed by atoms with Crippen molar-refractivity contribution in [1.29, 1.82) is 5.41 Å². The highest BCUT2D eigenvalue weighted by Gasteiger charge is 2.18. The van der Waals surface area contributed by atoms with E-state index in [4.69, 9.17) is 40.2 Å². The first-order chi connectivity index (χ1) is 5.43. The van der Waals surface area contributed by atoms with E-state index in [9.17, 15) is 4.79 Å². The molecule has 2 N–H and O–H groups in total. The lowest BCUT2D eigenvalue weighted by molar-refractivity contribution is -0.118. The summed E-state index contributed by atoms with van der Waals surface area (Å²) in [5.41, 5.74) is 0. The Balaban J connectivity index is 0.000000261. The molecule has 70 valence electrons. The molecule has 1 amide bonds. The van der Waals surface area contributed by atoms with Gasteiger partial charge in [-0.25, -0.2) is 0 Å². The zero-order valence-corrected chi connectivity index (χ0v) is 8.54. The number of guanidine groups is 1.